The van der Waals surface area contributed by atoms with Crippen LogP contribution in [0.1, 0.15) is 138 Å². The van der Waals surface area contributed by atoms with E-state index < -0.39 is 20.0 Å². The normalized spacial score (nSPS) is 13.4. The summed E-state index contributed by atoms with van der Waals surface area (Å²) in [5.74, 6) is 0.327. The van der Waals surface area contributed by atoms with E-state index in [0.717, 1.165) is 25.0 Å². The van der Waals surface area contributed by atoms with Crippen molar-refractivity contribution >= 4 is 19.2 Å². The summed E-state index contributed by atoms with van der Waals surface area (Å²) in [4.78, 5) is 14.5. The minimum Gasteiger partial charge on any atom is -0.422 e. The van der Waals surface area contributed by atoms with Gasteiger partial charge in [-0.15, -0.1) is 0 Å². The zero-order valence-electron chi connectivity index (χ0n) is 33.0. The van der Waals surface area contributed by atoms with Crippen molar-refractivity contribution in [2.45, 2.75) is 141 Å². The van der Waals surface area contributed by atoms with Crippen LogP contribution in [-0.2, 0) is 40.9 Å². The van der Waals surface area contributed by atoms with Gasteiger partial charge in [0.05, 0.1) is 49.7 Å². The van der Waals surface area contributed by atoms with Gasteiger partial charge in [0, 0.05) is 12.3 Å². The van der Waals surface area contributed by atoms with Gasteiger partial charge in [-0.25, -0.2) is 14.1 Å². The van der Waals surface area contributed by atoms with Crippen LogP contribution in [0.5, 0.6) is 0 Å². The number of nitrogens with two attached hydrogens (primary N) is 1. The molecule has 0 spiro atoms. The third-order valence-electron chi connectivity index (χ3n) is 9.53. The van der Waals surface area contributed by atoms with E-state index in [0.29, 0.717) is 41.1 Å². The molecule has 2 aromatic heterocycles. The number of nitrogens with zero attached hydrogens (tertiary/aromatic N) is 6. The lowest BCUT2D eigenvalue weighted by Gasteiger charge is -2.21. The van der Waals surface area contributed by atoms with Crippen molar-refractivity contribution in [3.63, 3.8) is 0 Å². The number of hydrogen-bond donors (Lipinski definition) is 2. The Kier molecular flexibility index (Phi) is 22.8. The van der Waals surface area contributed by atoms with Crippen LogP contribution in [0.2, 0.25) is 0 Å². The number of nitriles is 3. The smallest absolute Gasteiger partial charge is 0.422 e. The second-order valence-corrected chi connectivity index (χ2v) is 15.6. The molecule has 0 saturated carbocycles. The molecule has 0 aliphatic carbocycles. The van der Waals surface area contributed by atoms with Gasteiger partial charge in [0.25, 0.3) is 6.26 Å². The lowest BCUT2D eigenvalue weighted by atomic mass is 10.0. The van der Waals surface area contributed by atoms with E-state index in [9.17, 15) is 25.2 Å². The van der Waals surface area contributed by atoms with Crippen LogP contribution in [0.15, 0.2) is 36.7 Å². The van der Waals surface area contributed by atoms with Gasteiger partial charge in [0.15, 0.2) is 5.82 Å². The molecule has 306 valence electrons. The van der Waals surface area contributed by atoms with E-state index in [1.54, 1.807) is 29.0 Å². The average Bonchev–Trinajstić information content (AvgIpc) is 3.63. The number of benzene rings is 1. The van der Waals surface area contributed by atoms with E-state index in [2.05, 4.69) is 17.0 Å². The maximum atomic E-state index is 12.9. The Balaban J connectivity index is 1.39. The Labute approximate surface area is 332 Å². The number of aryl methyl sites for hydroxylation is 1. The monoisotopic (exact) mass is 793 g/mol. The summed E-state index contributed by atoms with van der Waals surface area (Å²) in [5.41, 5.74) is 8.56. The molecule has 0 bridgehead atoms. The second-order valence-electron chi connectivity index (χ2n) is 14.2. The van der Waals surface area contributed by atoms with Gasteiger partial charge in [-0.05, 0) is 55.2 Å². The molecule has 0 aliphatic rings. The largest absolute Gasteiger partial charge is 0.472 e. The Morgan fingerprint density at radius 3 is 1.95 bits per heavy atom. The first-order chi connectivity index (χ1) is 27.3. The topological polar surface area (TPSA) is 211 Å². The summed E-state index contributed by atoms with van der Waals surface area (Å²) in [7, 11) is -4.61. The Morgan fingerprint density at radius 1 is 0.804 bits per heavy atom. The van der Waals surface area contributed by atoms with Gasteiger partial charge in [0.2, 0.25) is 0 Å². The maximum Gasteiger partial charge on any atom is 0.472 e. The molecule has 0 aliphatic heterocycles. The summed E-state index contributed by atoms with van der Waals surface area (Å²) < 4.78 is 42.1. The van der Waals surface area contributed by atoms with Crippen molar-refractivity contribution < 1.29 is 32.7 Å². The number of unbranched alkanes of at least 4 members (excludes halogenated alkanes) is 15. The van der Waals surface area contributed by atoms with Gasteiger partial charge in [-0.2, -0.15) is 20.9 Å². The number of phosphoric acid groups is 1. The average molecular weight is 794 g/mol. The summed E-state index contributed by atoms with van der Waals surface area (Å²) in [6, 6.07) is 12.4. The van der Waals surface area contributed by atoms with Gasteiger partial charge < -0.3 is 24.8 Å². The van der Waals surface area contributed by atoms with Crippen molar-refractivity contribution in [2.75, 3.05) is 32.2 Å². The van der Waals surface area contributed by atoms with Crippen LogP contribution < -0.4 is 5.73 Å². The van der Waals surface area contributed by atoms with Crippen LogP contribution in [0, 0.1) is 34.2 Å². The first kappa shape index (κ1) is 46.3. The molecule has 1 unspecified atom stereocenters. The number of rotatable bonds is 32. The highest BCUT2D eigenvalue weighted by molar-refractivity contribution is 7.47. The van der Waals surface area contributed by atoms with E-state index >= 15 is 0 Å². The molecule has 3 N–H and O–H groups in total. The first-order valence-corrected chi connectivity index (χ1v) is 21.6. The van der Waals surface area contributed by atoms with Crippen LogP contribution in [0.3, 0.4) is 0 Å². The number of anilines is 1. The van der Waals surface area contributed by atoms with Crippen molar-refractivity contribution in [1.29, 1.82) is 15.8 Å². The van der Waals surface area contributed by atoms with E-state index in [1.165, 1.54) is 95.9 Å². The number of phosphoric ester groups is 1. The quantitative estimate of drug-likeness (QED) is 0.0344. The van der Waals surface area contributed by atoms with E-state index in [4.69, 9.17) is 29.0 Å². The van der Waals surface area contributed by atoms with Crippen LogP contribution in [0.25, 0.3) is 5.52 Å². The Bertz CT molecular complexity index is 1700. The highest BCUT2D eigenvalue weighted by Gasteiger charge is 2.27. The molecule has 15 heteroatoms. The number of hydrogen-bond acceptors (Lipinski definition) is 12. The molecule has 0 saturated heterocycles. The molecule has 3 aromatic rings. The van der Waals surface area contributed by atoms with Crippen molar-refractivity contribution in [2.24, 2.45) is 0 Å². The molecule has 14 nitrogen and oxygen atoms in total. The van der Waals surface area contributed by atoms with E-state index in [1.807, 2.05) is 18.2 Å². The molecule has 0 fully saturated rings. The molecule has 0 amide bonds. The van der Waals surface area contributed by atoms with Crippen LogP contribution >= 0.6 is 7.82 Å². The third kappa shape index (κ3) is 18.7. The predicted octanol–water partition coefficient (Wildman–Crippen LogP) is 8.85. The number of fused-ring (bicyclic) bond motifs is 1. The van der Waals surface area contributed by atoms with Crippen molar-refractivity contribution in [3.8, 4) is 18.4 Å². The predicted molar refractivity (Wildman–Crippen MR) is 213 cm³/mol. The standard InChI is InChI=1S/C41H60N7O7P/c1-2-3-4-5-6-7-8-9-10-11-12-13-14-15-16-17-22-51-29-39(52-28-36-24-34(26-42)23-35(25-36)27-43)31-55-56(49,50)54-30-38(53-32-44)20-18-37-19-21-40-41(45)46-33-47-48(37)40/h19,21,23-25,33,38-39H,2-18,20,22,28-31H2,1H3,(H,49,50)(H2,45,46,47)/t38-,39+/m0/s1. The lowest BCUT2D eigenvalue weighted by Crippen LogP contribution is -2.26. The number of aromatic nitrogens is 3. The van der Waals surface area contributed by atoms with Crippen LogP contribution in [-0.4, -0.2) is 58.1 Å². The van der Waals surface area contributed by atoms with Crippen LogP contribution in [0.4, 0.5) is 5.82 Å². The highest BCUT2D eigenvalue weighted by atomic mass is 31.2. The molecule has 1 aromatic carbocycles. The highest BCUT2D eigenvalue weighted by Crippen LogP contribution is 2.43. The fourth-order valence-electron chi connectivity index (χ4n) is 6.38. The Morgan fingerprint density at radius 2 is 1.38 bits per heavy atom. The second kappa shape index (κ2) is 27.5. The zero-order chi connectivity index (χ0) is 40.3. The van der Waals surface area contributed by atoms with E-state index in [-0.39, 0.29) is 32.8 Å². The third-order valence-corrected chi connectivity index (χ3v) is 10.5. The molecular weight excluding hydrogens is 733 g/mol. The zero-order valence-corrected chi connectivity index (χ0v) is 33.9. The number of nitrogen functional groups attached to an aromatic ring is 1. The molecule has 56 heavy (non-hydrogen) atoms. The molecule has 0 radical (unpaired) electrons. The fraction of sp³-hybridized carbons (Fsp3) is 0.634. The Hall–Kier alpha value is -4.06. The summed E-state index contributed by atoms with van der Waals surface area (Å²) in [6.45, 7) is 2.13. The minimum atomic E-state index is -4.61. The first-order valence-electron chi connectivity index (χ1n) is 20.2. The number of ether oxygens (including phenoxy) is 3. The van der Waals surface area contributed by atoms with Crippen molar-refractivity contribution in [3.05, 3.63) is 59.0 Å². The summed E-state index contributed by atoms with van der Waals surface area (Å²) >= 11 is 0. The van der Waals surface area contributed by atoms with Gasteiger partial charge >= 0.3 is 7.82 Å². The maximum absolute atomic E-state index is 12.9. The molecule has 3 rings (SSSR count). The van der Waals surface area contributed by atoms with Gasteiger partial charge in [-0.3, -0.25) is 9.05 Å². The summed E-state index contributed by atoms with van der Waals surface area (Å²) in [6.07, 6.45) is 22.5. The van der Waals surface area contributed by atoms with Gasteiger partial charge in [0.1, 0.15) is 24.1 Å². The van der Waals surface area contributed by atoms with Crippen molar-refractivity contribution in [1.82, 2.24) is 14.6 Å². The minimum absolute atomic E-state index is 0.0142. The fourth-order valence-corrected chi connectivity index (χ4v) is 7.16. The molecule has 2 heterocycles. The summed E-state index contributed by atoms with van der Waals surface area (Å²) in [5, 5.41) is 32.1. The molecule has 3 atom stereocenters. The lowest BCUT2D eigenvalue weighted by molar-refractivity contribution is -0.0517. The van der Waals surface area contributed by atoms with Gasteiger partial charge in [-0.1, -0.05) is 103 Å². The molecular formula is C41H60N7O7P. The SMILES string of the molecule is CCCCCCCCCCCCCCCCCCOC[C@H](COP(=O)(O)OC[C@H](CCc1ccc2c(N)ncnn12)OC#N)OCc1cc(C#N)cc(C#N)c1.